The predicted molar refractivity (Wildman–Crippen MR) is 116 cm³/mol. The van der Waals surface area contributed by atoms with Crippen LogP contribution < -0.4 is 14.3 Å². The van der Waals surface area contributed by atoms with E-state index in [0.29, 0.717) is 22.8 Å². The number of ether oxygens (including phenoxy) is 2. The maximum Gasteiger partial charge on any atom is 0.292 e. The molecule has 2 heterocycles. The molecular weight excluding hydrogens is 384 g/mol. The standard InChI is InChI=1S/C23H24N2O3S/c1-3-5-8-16-11-12-17-21(14-16)29-23(25(17)13-4-2)24-22(26)20-15-27-18-9-6-7-10-19(18)28-20/h4,6-7,9-12,14,20H,2-3,5,8,13,15H2,1H3. The summed E-state index contributed by atoms with van der Waals surface area (Å²) in [5.74, 6) is 0.887. The maximum atomic E-state index is 12.8. The van der Waals surface area contributed by atoms with Gasteiger partial charge in [-0.25, -0.2) is 0 Å². The van der Waals surface area contributed by atoms with Crippen molar-refractivity contribution in [3.05, 3.63) is 65.5 Å². The summed E-state index contributed by atoms with van der Waals surface area (Å²) in [7, 11) is 0. The zero-order chi connectivity index (χ0) is 20.2. The Balaban J connectivity index is 1.66. The minimum absolute atomic E-state index is 0.160. The van der Waals surface area contributed by atoms with Crippen molar-refractivity contribution in [2.24, 2.45) is 4.99 Å². The third kappa shape index (κ3) is 4.12. The molecule has 2 aromatic carbocycles. The smallest absolute Gasteiger partial charge is 0.292 e. The number of aryl methyl sites for hydroxylation is 1. The first-order chi connectivity index (χ1) is 14.2. The second-order valence-electron chi connectivity index (χ2n) is 7.00. The van der Waals surface area contributed by atoms with Crippen LogP contribution in [0.2, 0.25) is 0 Å². The topological polar surface area (TPSA) is 52.8 Å². The van der Waals surface area contributed by atoms with Gasteiger partial charge in [-0.1, -0.05) is 49.0 Å². The molecule has 0 aliphatic carbocycles. The number of hydrogen-bond acceptors (Lipinski definition) is 4. The number of nitrogens with zero attached hydrogens (tertiary/aromatic N) is 2. The lowest BCUT2D eigenvalue weighted by Gasteiger charge is -2.23. The van der Waals surface area contributed by atoms with Crippen LogP contribution in [0.1, 0.15) is 25.3 Å². The quantitative estimate of drug-likeness (QED) is 0.565. The van der Waals surface area contributed by atoms with Crippen LogP contribution in [0.5, 0.6) is 11.5 Å². The summed E-state index contributed by atoms with van der Waals surface area (Å²) < 4.78 is 14.6. The van der Waals surface area contributed by atoms with E-state index in [1.165, 1.54) is 29.7 Å². The van der Waals surface area contributed by atoms with Crippen LogP contribution in [0.3, 0.4) is 0 Å². The number of aromatic nitrogens is 1. The van der Waals surface area contributed by atoms with Gasteiger partial charge in [-0.15, -0.1) is 6.58 Å². The minimum atomic E-state index is -0.743. The lowest BCUT2D eigenvalue weighted by Crippen LogP contribution is -2.36. The highest BCUT2D eigenvalue weighted by molar-refractivity contribution is 7.16. The van der Waals surface area contributed by atoms with E-state index in [2.05, 4.69) is 36.7 Å². The molecule has 0 bridgehead atoms. The molecule has 5 nitrogen and oxygen atoms in total. The third-order valence-corrected chi connectivity index (χ3v) is 5.91. The van der Waals surface area contributed by atoms with Gasteiger partial charge in [-0.2, -0.15) is 4.99 Å². The summed E-state index contributed by atoms with van der Waals surface area (Å²) in [5, 5.41) is 0. The molecule has 1 aromatic heterocycles. The Morgan fingerprint density at radius 1 is 1.31 bits per heavy atom. The Labute approximate surface area is 173 Å². The number of para-hydroxylation sites is 2. The molecule has 1 amide bonds. The normalized spacial score (nSPS) is 16.2. The second-order valence-corrected chi connectivity index (χ2v) is 8.01. The van der Waals surface area contributed by atoms with Gasteiger partial charge in [0.1, 0.15) is 6.61 Å². The molecular formula is C23H24N2O3S. The van der Waals surface area contributed by atoms with Crippen molar-refractivity contribution in [3.63, 3.8) is 0 Å². The molecule has 0 saturated carbocycles. The molecule has 0 saturated heterocycles. The van der Waals surface area contributed by atoms with Gasteiger partial charge in [0.05, 0.1) is 10.2 Å². The second kappa shape index (κ2) is 8.66. The van der Waals surface area contributed by atoms with Crippen molar-refractivity contribution in [1.82, 2.24) is 4.57 Å². The van der Waals surface area contributed by atoms with E-state index in [1.54, 1.807) is 6.07 Å². The van der Waals surface area contributed by atoms with E-state index in [9.17, 15) is 4.79 Å². The van der Waals surface area contributed by atoms with Crippen LogP contribution >= 0.6 is 11.3 Å². The van der Waals surface area contributed by atoms with Crippen LogP contribution in [0.25, 0.3) is 10.2 Å². The van der Waals surface area contributed by atoms with Crippen LogP contribution in [-0.4, -0.2) is 23.2 Å². The number of carbonyl (C=O) groups excluding carboxylic acids is 1. The molecule has 1 unspecified atom stereocenters. The van der Waals surface area contributed by atoms with Gasteiger partial charge in [-0.05, 0) is 42.7 Å². The van der Waals surface area contributed by atoms with Crippen LogP contribution in [0, 0.1) is 0 Å². The van der Waals surface area contributed by atoms with Gasteiger partial charge in [0.2, 0.25) is 6.10 Å². The van der Waals surface area contributed by atoms with Gasteiger partial charge < -0.3 is 14.0 Å². The number of rotatable bonds is 6. The molecule has 0 N–H and O–H groups in total. The Morgan fingerprint density at radius 2 is 2.14 bits per heavy atom. The fourth-order valence-electron chi connectivity index (χ4n) is 3.35. The van der Waals surface area contributed by atoms with Crippen molar-refractivity contribution in [3.8, 4) is 11.5 Å². The van der Waals surface area contributed by atoms with Gasteiger partial charge in [0.25, 0.3) is 5.91 Å². The molecule has 0 radical (unpaired) electrons. The largest absolute Gasteiger partial charge is 0.485 e. The fourth-order valence-corrected chi connectivity index (χ4v) is 4.46. The molecule has 29 heavy (non-hydrogen) atoms. The average molecular weight is 409 g/mol. The first kappa shape index (κ1) is 19.5. The zero-order valence-corrected chi connectivity index (χ0v) is 17.3. The first-order valence-electron chi connectivity index (χ1n) is 9.90. The lowest BCUT2D eigenvalue weighted by atomic mass is 10.1. The van der Waals surface area contributed by atoms with Crippen LogP contribution in [-0.2, 0) is 17.8 Å². The zero-order valence-electron chi connectivity index (χ0n) is 16.5. The summed E-state index contributed by atoms with van der Waals surface area (Å²) in [4.78, 5) is 17.9. The van der Waals surface area contributed by atoms with Gasteiger partial charge in [0.15, 0.2) is 16.3 Å². The Morgan fingerprint density at radius 3 is 2.93 bits per heavy atom. The summed E-state index contributed by atoms with van der Waals surface area (Å²) in [6.07, 6.45) is 4.47. The number of benzene rings is 2. The Hall–Kier alpha value is -2.86. The van der Waals surface area contributed by atoms with E-state index >= 15 is 0 Å². The highest BCUT2D eigenvalue weighted by Crippen LogP contribution is 2.31. The number of hydrogen-bond donors (Lipinski definition) is 0. The van der Waals surface area contributed by atoms with Gasteiger partial charge in [0, 0.05) is 6.54 Å². The molecule has 150 valence electrons. The maximum absolute atomic E-state index is 12.8. The van der Waals surface area contributed by atoms with Crippen LogP contribution in [0.4, 0.5) is 0 Å². The highest BCUT2D eigenvalue weighted by atomic mass is 32.1. The molecule has 1 aliphatic rings. The van der Waals surface area contributed by atoms with E-state index in [4.69, 9.17) is 9.47 Å². The van der Waals surface area contributed by atoms with Crippen molar-refractivity contribution in [2.45, 2.75) is 38.8 Å². The minimum Gasteiger partial charge on any atom is -0.485 e. The number of allylic oxidation sites excluding steroid dienone is 1. The first-order valence-corrected chi connectivity index (χ1v) is 10.7. The third-order valence-electron chi connectivity index (χ3n) is 4.87. The van der Waals surface area contributed by atoms with Crippen molar-refractivity contribution < 1.29 is 14.3 Å². The van der Waals surface area contributed by atoms with E-state index < -0.39 is 6.10 Å². The highest BCUT2D eigenvalue weighted by Gasteiger charge is 2.27. The van der Waals surface area contributed by atoms with E-state index in [1.807, 2.05) is 28.8 Å². The number of thiazole rings is 1. The molecule has 4 rings (SSSR count). The van der Waals surface area contributed by atoms with Crippen LogP contribution in [0.15, 0.2) is 60.1 Å². The molecule has 1 atom stereocenters. The average Bonchev–Trinajstić information content (AvgIpc) is 3.08. The molecule has 0 spiro atoms. The predicted octanol–water partition coefficient (Wildman–Crippen LogP) is 4.50. The summed E-state index contributed by atoms with van der Waals surface area (Å²) >= 11 is 1.52. The van der Waals surface area contributed by atoms with Crippen molar-refractivity contribution in [2.75, 3.05) is 6.61 Å². The van der Waals surface area contributed by atoms with E-state index in [0.717, 1.165) is 16.6 Å². The van der Waals surface area contributed by atoms with Crippen molar-refractivity contribution in [1.29, 1.82) is 0 Å². The van der Waals surface area contributed by atoms with Crippen molar-refractivity contribution >= 4 is 27.5 Å². The summed E-state index contributed by atoms with van der Waals surface area (Å²) in [6.45, 7) is 6.79. The van der Waals surface area contributed by atoms with Gasteiger partial charge >= 0.3 is 0 Å². The number of amides is 1. The summed E-state index contributed by atoms with van der Waals surface area (Å²) in [6, 6.07) is 13.8. The SMILES string of the molecule is C=CCn1c(=NC(=O)C2COc3ccccc3O2)sc2cc(CCCC)ccc21. The Kier molecular flexibility index (Phi) is 5.81. The monoisotopic (exact) mass is 408 g/mol. The molecule has 3 aromatic rings. The number of fused-ring (bicyclic) bond motifs is 2. The fraction of sp³-hybridized carbons (Fsp3) is 0.304. The number of unbranched alkanes of at least 4 members (excludes halogenated alkanes) is 1. The lowest BCUT2D eigenvalue weighted by molar-refractivity contribution is -0.127. The van der Waals surface area contributed by atoms with Gasteiger partial charge in [-0.3, -0.25) is 4.79 Å². The number of carbonyl (C=O) groups is 1. The Bertz CT molecular complexity index is 1110. The molecule has 0 fully saturated rings. The summed E-state index contributed by atoms with van der Waals surface area (Å²) in [5.41, 5.74) is 2.37. The molecule has 6 heteroatoms. The molecule has 1 aliphatic heterocycles. The van der Waals surface area contributed by atoms with E-state index in [-0.39, 0.29) is 12.5 Å².